The van der Waals surface area contributed by atoms with Crippen LogP contribution in [-0.4, -0.2) is 0 Å². The summed E-state index contributed by atoms with van der Waals surface area (Å²) in [7, 11) is 0. The maximum Gasteiger partial charge on any atom is 0.132 e. The van der Waals surface area contributed by atoms with Crippen molar-refractivity contribution in [1.82, 2.24) is 0 Å². The first kappa shape index (κ1) is 17.5. The number of hydrogen-bond acceptors (Lipinski definition) is 3. The van der Waals surface area contributed by atoms with E-state index < -0.39 is 0 Å². The molecule has 0 bridgehead atoms. The molecule has 2 rings (SSSR count). The van der Waals surface area contributed by atoms with E-state index in [9.17, 15) is 0 Å². The third kappa shape index (κ3) is 4.12. The fourth-order valence-corrected chi connectivity index (χ4v) is 2.53. The summed E-state index contributed by atoms with van der Waals surface area (Å²) in [6, 6.07) is 15.8. The van der Waals surface area contributed by atoms with Gasteiger partial charge in [-0.05, 0) is 24.0 Å². The number of nitrogens with two attached hydrogens (primary N) is 2. The van der Waals surface area contributed by atoms with E-state index in [1.165, 1.54) is 0 Å². The average Bonchev–Trinajstić information content (AvgIpc) is 2.54. The van der Waals surface area contributed by atoms with Gasteiger partial charge in [0.05, 0.1) is 0 Å². The fraction of sp³-hybridized carbons (Fsp3) is 0.400. The van der Waals surface area contributed by atoms with E-state index in [4.69, 9.17) is 16.2 Å². The fourth-order valence-electron chi connectivity index (χ4n) is 2.53. The Hall–Kier alpha value is -1.84. The molecule has 4 N–H and O–H groups in total. The molecule has 0 heterocycles. The van der Waals surface area contributed by atoms with E-state index >= 15 is 0 Å². The van der Waals surface area contributed by atoms with Crippen LogP contribution in [0, 0.1) is 11.8 Å². The highest BCUT2D eigenvalue weighted by Gasteiger charge is 2.19. The molecule has 0 aliphatic heterocycles. The second kappa shape index (κ2) is 7.62. The third-order valence-electron chi connectivity index (χ3n) is 4.21. The van der Waals surface area contributed by atoms with Gasteiger partial charge in [-0.3, -0.25) is 0 Å². The van der Waals surface area contributed by atoms with E-state index in [1.807, 2.05) is 48.5 Å². The van der Waals surface area contributed by atoms with Crippen LogP contribution in [-0.2, 0) is 0 Å². The Bertz CT molecular complexity index is 582. The van der Waals surface area contributed by atoms with E-state index in [-0.39, 0.29) is 12.1 Å². The molecule has 0 aliphatic rings. The second-order valence-electron chi connectivity index (χ2n) is 6.72. The second-order valence-corrected chi connectivity index (χ2v) is 6.72. The smallest absolute Gasteiger partial charge is 0.132 e. The van der Waals surface area contributed by atoms with Gasteiger partial charge in [0.25, 0.3) is 0 Å². The number of benzene rings is 2. The molecule has 0 saturated carbocycles. The summed E-state index contributed by atoms with van der Waals surface area (Å²) in [5, 5.41) is 0. The molecule has 0 aromatic heterocycles. The minimum atomic E-state index is -0.0582. The van der Waals surface area contributed by atoms with Gasteiger partial charge in [0.1, 0.15) is 11.5 Å². The molecule has 3 heteroatoms. The summed E-state index contributed by atoms with van der Waals surface area (Å²) in [6.45, 7) is 8.46. The molecule has 23 heavy (non-hydrogen) atoms. The van der Waals surface area contributed by atoms with Crippen molar-refractivity contribution >= 4 is 0 Å². The minimum absolute atomic E-state index is 0.0582. The van der Waals surface area contributed by atoms with E-state index in [2.05, 4.69) is 27.7 Å². The third-order valence-corrected chi connectivity index (χ3v) is 4.21. The van der Waals surface area contributed by atoms with Gasteiger partial charge in [0, 0.05) is 23.2 Å². The normalized spacial score (nSPS) is 14.1. The van der Waals surface area contributed by atoms with Crippen molar-refractivity contribution in [1.29, 1.82) is 0 Å². The number of hydrogen-bond donors (Lipinski definition) is 2. The van der Waals surface area contributed by atoms with Crippen molar-refractivity contribution in [2.45, 2.75) is 39.8 Å². The van der Waals surface area contributed by atoms with E-state index in [0.29, 0.717) is 11.8 Å². The summed E-state index contributed by atoms with van der Waals surface area (Å²) in [5.74, 6) is 2.29. The Morgan fingerprint density at radius 1 is 0.652 bits per heavy atom. The monoisotopic (exact) mass is 312 g/mol. The maximum atomic E-state index is 6.33. The van der Waals surface area contributed by atoms with Gasteiger partial charge >= 0.3 is 0 Å². The van der Waals surface area contributed by atoms with Crippen molar-refractivity contribution in [2.24, 2.45) is 23.3 Å². The molecule has 2 aromatic carbocycles. The van der Waals surface area contributed by atoms with Crippen molar-refractivity contribution in [3.63, 3.8) is 0 Å². The summed E-state index contributed by atoms with van der Waals surface area (Å²) < 4.78 is 6.22. The van der Waals surface area contributed by atoms with E-state index in [1.54, 1.807) is 0 Å². The SMILES string of the molecule is CC(C)C(N)c1ccccc1Oc1ccccc1C(N)C(C)C. The Labute approximate surface area is 139 Å². The van der Waals surface area contributed by atoms with Crippen LogP contribution >= 0.6 is 0 Å². The van der Waals surface area contributed by atoms with Crippen molar-refractivity contribution in [3.05, 3.63) is 59.7 Å². The van der Waals surface area contributed by atoms with Crippen LogP contribution in [0.25, 0.3) is 0 Å². The molecule has 124 valence electrons. The number of para-hydroxylation sites is 2. The lowest BCUT2D eigenvalue weighted by molar-refractivity contribution is 0.429. The standard InChI is InChI=1S/C20H28N2O/c1-13(2)19(21)15-9-5-7-11-17(15)23-18-12-8-6-10-16(18)20(22)14(3)4/h5-14,19-20H,21-22H2,1-4H3. The first-order chi connectivity index (χ1) is 10.9. The molecular formula is C20H28N2O. The van der Waals surface area contributed by atoms with E-state index in [0.717, 1.165) is 22.6 Å². The van der Waals surface area contributed by atoms with Crippen LogP contribution in [0.4, 0.5) is 0 Å². The summed E-state index contributed by atoms with van der Waals surface area (Å²) in [4.78, 5) is 0. The highest BCUT2D eigenvalue weighted by atomic mass is 16.5. The zero-order chi connectivity index (χ0) is 17.0. The molecule has 0 spiro atoms. The van der Waals surface area contributed by atoms with Crippen LogP contribution in [0.2, 0.25) is 0 Å². The van der Waals surface area contributed by atoms with Crippen LogP contribution in [0.1, 0.15) is 50.9 Å². The molecule has 0 aliphatic carbocycles. The lowest BCUT2D eigenvalue weighted by Crippen LogP contribution is -2.18. The molecule has 3 nitrogen and oxygen atoms in total. The predicted octanol–water partition coefficient (Wildman–Crippen LogP) is 4.79. The van der Waals surface area contributed by atoms with Gasteiger partial charge in [-0.1, -0.05) is 64.1 Å². The highest BCUT2D eigenvalue weighted by Crippen LogP contribution is 2.35. The Morgan fingerprint density at radius 2 is 1.00 bits per heavy atom. The first-order valence-electron chi connectivity index (χ1n) is 8.28. The molecule has 0 radical (unpaired) electrons. The Kier molecular flexibility index (Phi) is 5.80. The Balaban J connectivity index is 2.38. The van der Waals surface area contributed by atoms with Crippen molar-refractivity contribution < 1.29 is 4.74 Å². The molecule has 2 unspecified atom stereocenters. The largest absolute Gasteiger partial charge is 0.457 e. The molecule has 0 saturated heterocycles. The van der Waals surface area contributed by atoms with Gasteiger partial charge in [0.2, 0.25) is 0 Å². The van der Waals surface area contributed by atoms with Crippen LogP contribution in [0.5, 0.6) is 11.5 Å². The molecule has 0 fully saturated rings. The van der Waals surface area contributed by atoms with Gasteiger partial charge < -0.3 is 16.2 Å². The lowest BCUT2D eigenvalue weighted by Gasteiger charge is -2.23. The minimum Gasteiger partial charge on any atom is -0.457 e. The zero-order valence-electron chi connectivity index (χ0n) is 14.5. The van der Waals surface area contributed by atoms with Gasteiger partial charge in [0.15, 0.2) is 0 Å². The molecule has 2 aromatic rings. The summed E-state index contributed by atoms with van der Waals surface area (Å²) in [6.07, 6.45) is 0. The molecular weight excluding hydrogens is 284 g/mol. The highest BCUT2D eigenvalue weighted by molar-refractivity contribution is 5.43. The molecule has 2 atom stereocenters. The first-order valence-corrected chi connectivity index (χ1v) is 8.28. The van der Waals surface area contributed by atoms with Crippen LogP contribution in [0.15, 0.2) is 48.5 Å². The lowest BCUT2D eigenvalue weighted by atomic mass is 9.95. The van der Waals surface area contributed by atoms with Gasteiger partial charge in [-0.25, -0.2) is 0 Å². The quantitative estimate of drug-likeness (QED) is 0.806. The van der Waals surface area contributed by atoms with Crippen LogP contribution < -0.4 is 16.2 Å². The number of rotatable bonds is 6. The van der Waals surface area contributed by atoms with Gasteiger partial charge in [-0.2, -0.15) is 0 Å². The van der Waals surface area contributed by atoms with Crippen molar-refractivity contribution in [2.75, 3.05) is 0 Å². The van der Waals surface area contributed by atoms with Gasteiger partial charge in [-0.15, -0.1) is 0 Å². The average molecular weight is 312 g/mol. The number of ether oxygens (including phenoxy) is 1. The maximum absolute atomic E-state index is 6.33. The zero-order valence-corrected chi connectivity index (χ0v) is 14.5. The van der Waals surface area contributed by atoms with Crippen molar-refractivity contribution in [3.8, 4) is 11.5 Å². The summed E-state index contributed by atoms with van der Waals surface area (Å²) >= 11 is 0. The Morgan fingerprint density at radius 3 is 1.35 bits per heavy atom. The predicted molar refractivity (Wildman–Crippen MR) is 96.5 cm³/mol. The molecule has 0 amide bonds. The topological polar surface area (TPSA) is 61.3 Å². The summed E-state index contributed by atoms with van der Waals surface area (Å²) in [5.41, 5.74) is 14.7. The van der Waals surface area contributed by atoms with Crippen LogP contribution in [0.3, 0.4) is 0 Å².